The number of carbonyl (C=O) groups is 1. The molecule has 2 unspecified atom stereocenters. The molecule has 1 heterocycles. The summed E-state index contributed by atoms with van der Waals surface area (Å²) in [5.41, 5.74) is 7.88. The van der Waals surface area contributed by atoms with Crippen molar-refractivity contribution in [3.63, 3.8) is 0 Å². The lowest BCUT2D eigenvalue weighted by molar-refractivity contribution is -0.138. The van der Waals surface area contributed by atoms with Crippen molar-refractivity contribution in [3.05, 3.63) is 77.4 Å². The minimum atomic E-state index is -0.880. The van der Waals surface area contributed by atoms with Gasteiger partial charge in [-0.1, -0.05) is 42.5 Å². The van der Waals surface area contributed by atoms with E-state index in [4.69, 9.17) is 21.3 Å². The highest BCUT2D eigenvalue weighted by atomic mass is 35.5. The third-order valence-corrected chi connectivity index (χ3v) is 6.16. The summed E-state index contributed by atoms with van der Waals surface area (Å²) in [6.45, 7) is 3.29. The molecule has 186 valence electrons. The number of hydrogen-bond donors (Lipinski definition) is 4. The molecule has 7 nitrogen and oxygen atoms in total. The number of likely N-dealkylation sites (tertiary alicyclic amines) is 1. The second-order valence-corrected chi connectivity index (χ2v) is 8.53. The van der Waals surface area contributed by atoms with Crippen molar-refractivity contribution in [2.75, 3.05) is 13.1 Å². The van der Waals surface area contributed by atoms with E-state index < -0.39 is 11.9 Å². The summed E-state index contributed by atoms with van der Waals surface area (Å²) >= 11 is 0. The minimum Gasteiger partial charge on any atom is -0.489 e. The van der Waals surface area contributed by atoms with Gasteiger partial charge < -0.3 is 20.5 Å². The van der Waals surface area contributed by atoms with E-state index in [1.807, 2.05) is 65.6 Å². The number of hydrogen-bond acceptors (Lipinski definition) is 4. The molecule has 0 bridgehead atoms. The molecule has 9 heteroatoms. The molecule has 4 rings (SSSR count). The van der Waals surface area contributed by atoms with E-state index in [1.165, 1.54) is 0 Å². The van der Waals surface area contributed by atoms with Gasteiger partial charge in [-0.2, -0.15) is 0 Å². The van der Waals surface area contributed by atoms with Gasteiger partial charge in [-0.15, -0.1) is 24.8 Å². The van der Waals surface area contributed by atoms with Crippen LogP contribution in [0, 0.1) is 10.8 Å². The van der Waals surface area contributed by atoms with Crippen molar-refractivity contribution in [1.29, 1.82) is 10.8 Å². The van der Waals surface area contributed by atoms with Gasteiger partial charge in [-0.05, 0) is 53.4 Å². The van der Waals surface area contributed by atoms with Crippen LogP contribution in [0.25, 0.3) is 10.8 Å². The molecule has 0 amide bonds. The Morgan fingerprint density at radius 1 is 1.09 bits per heavy atom. The highest BCUT2D eigenvalue weighted by Crippen LogP contribution is 2.27. The van der Waals surface area contributed by atoms with Gasteiger partial charge in [0.05, 0.1) is 18.3 Å². The highest BCUT2D eigenvalue weighted by Gasteiger charge is 2.25. The number of nitrogens with one attached hydrogen (secondary N) is 2. The van der Waals surface area contributed by atoms with Crippen molar-refractivity contribution < 1.29 is 14.6 Å². The molecule has 1 aliphatic rings. The van der Waals surface area contributed by atoms with Crippen LogP contribution >= 0.6 is 24.8 Å². The lowest BCUT2D eigenvalue weighted by Crippen LogP contribution is -2.28. The number of amidine groups is 2. The zero-order valence-electron chi connectivity index (χ0n) is 19.4. The number of nitrogens with two attached hydrogens (primary N) is 1. The number of ether oxygens (including phenoxy) is 1. The minimum absolute atomic E-state index is 0. The van der Waals surface area contributed by atoms with Gasteiger partial charge in [-0.25, -0.2) is 0 Å². The molecular weight excluding hydrogens is 487 g/mol. The summed E-state index contributed by atoms with van der Waals surface area (Å²) in [4.78, 5) is 14.1. The van der Waals surface area contributed by atoms with Crippen LogP contribution in [0.3, 0.4) is 0 Å². The van der Waals surface area contributed by atoms with Gasteiger partial charge in [0.15, 0.2) is 0 Å². The Hall–Kier alpha value is -3.29. The molecule has 0 aromatic heterocycles. The maximum absolute atomic E-state index is 12.1. The number of nitrogen functional groups attached to an aromatic ring is 1. The topological polar surface area (TPSA) is 123 Å². The van der Waals surface area contributed by atoms with E-state index in [1.54, 1.807) is 6.92 Å². The lowest BCUT2D eigenvalue weighted by atomic mass is 9.91. The Morgan fingerprint density at radius 3 is 2.37 bits per heavy atom. The quantitative estimate of drug-likeness (QED) is 0.264. The van der Waals surface area contributed by atoms with E-state index in [2.05, 4.69) is 0 Å². The second-order valence-electron chi connectivity index (χ2n) is 8.53. The fraction of sp³-hybridized carbons (Fsp3) is 0.269. The molecule has 1 aliphatic heterocycles. The summed E-state index contributed by atoms with van der Waals surface area (Å²) < 4.78 is 6.03. The van der Waals surface area contributed by atoms with Crippen LogP contribution < -0.4 is 10.5 Å². The number of benzene rings is 3. The monoisotopic (exact) mass is 516 g/mol. The second kappa shape index (κ2) is 11.9. The highest BCUT2D eigenvalue weighted by molar-refractivity contribution is 5.99. The Kier molecular flexibility index (Phi) is 9.51. The fourth-order valence-corrected chi connectivity index (χ4v) is 4.27. The fourth-order valence-electron chi connectivity index (χ4n) is 4.27. The van der Waals surface area contributed by atoms with E-state index in [0.29, 0.717) is 30.1 Å². The van der Waals surface area contributed by atoms with Gasteiger partial charge in [0, 0.05) is 18.5 Å². The molecule has 0 spiro atoms. The van der Waals surface area contributed by atoms with Gasteiger partial charge in [-0.3, -0.25) is 15.6 Å². The molecule has 0 radical (unpaired) electrons. The number of carboxylic acids is 1. The number of rotatable bonds is 7. The summed E-state index contributed by atoms with van der Waals surface area (Å²) in [6, 6.07) is 18.7. The summed E-state index contributed by atoms with van der Waals surface area (Å²) in [5.74, 6) is -0.303. The SMILES string of the molecule is CC(=N)N1CCC(Oc2ccc(C(Cc3ccc4ccc(C(=N)N)cc4c3)C(=O)O)cc2)C1.Cl.Cl. The maximum Gasteiger partial charge on any atom is 0.311 e. The first-order chi connectivity index (χ1) is 15.8. The van der Waals surface area contributed by atoms with Crippen molar-refractivity contribution in [1.82, 2.24) is 4.90 Å². The number of halogens is 2. The van der Waals surface area contributed by atoms with Crippen molar-refractivity contribution in [2.45, 2.75) is 31.8 Å². The summed E-state index contributed by atoms with van der Waals surface area (Å²) in [6.07, 6.45) is 1.25. The van der Waals surface area contributed by atoms with Crippen molar-refractivity contribution in [2.24, 2.45) is 5.73 Å². The average molecular weight is 517 g/mol. The van der Waals surface area contributed by atoms with Crippen LogP contribution in [0.5, 0.6) is 5.75 Å². The molecule has 2 atom stereocenters. The largest absolute Gasteiger partial charge is 0.489 e. The third-order valence-electron chi connectivity index (χ3n) is 6.16. The molecule has 5 N–H and O–H groups in total. The zero-order valence-corrected chi connectivity index (χ0v) is 21.0. The molecule has 1 saturated heterocycles. The van der Waals surface area contributed by atoms with Crippen molar-refractivity contribution in [3.8, 4) is 5.75 Å². The first-order valence-electron chi connectivity index (χ1n) is 11.0. The number of fused-ring (bicyclic) bond motifs is 1. The standard InChI is InChI=1S/C26H28N4O3.2ClH/c1-16(27)30-11-10-23(15-30)33-22-8-6-19(7-9-22)24(26(31)32)13-17-2-3-18-4-5-20(25(28)29)14-21(18)12-17;;/h2-9,12,14,23-24,27H,10-11,13,15H2,1H3,(H3,28,29)(H,31,32);2*1H. The van der Waals surface area contributed by atoms with E-state index in [-0.39, 0.29) is 36.8 Å². The molecule has 35 heavy (non-hydrogen) atoms. The van der Waals surface area contributed by atoms with Gasteiger partial charge >= 0.3 is 5.97 Å². The summed E-state index contributed by atoms with van der Waals surface area (Å²) in [5, 5.41) is 27.2. The van der Waals surface area contributed by atoms with Gasteiger partial charge in [0.2, 0.25) is 0 Å². The van der Waals surface area contributed by atoms with Crippen LogP contribution in [0.4, 0.5) is 0 Å². The molecule has 3 aromatic carbocycles. The third kappa shape index (κ3) is 6.65. The number of carboxylic acid groups (broad SMARTS) is 1. The van der Waals surface area contributed by atoms with E-state index >= 15 is 0 Å². The predicted molar refractivity (Wildman–Crippen MR) is 144 cm³/mol. The number of nitrogens with zero attached hydrogens (tertiary/aromatic N) is 1. The number of aliphatic carboxylic acids is 1. The molecule has 0 aliphatic carbocycles. The van der Waals surface area contributed by atoms with Crippen LogP contribution in [-0.2, 0) is 11.2 Å². The Balaban J connectivity index is 0.00000216. The first kappa shape index (κ1) is 28.0. The Labute approximate surface area is 217 Å². The van der Waals surface area contributed by atoms with Crippen LogP contribution in [0.15, 0.2) is 60.7 Å². The average Bonchev–Trinajstić information content (AvgIpc) is 3.26. The zero-order chi connectivity index (χ0) is 23.5. The van der Waals surface area contributed by atoms with Gasteiger partial charge in [0.25, 0.3) is 0 Å². The van der Waals surface area contributed by atoms with Crippen LogP contribution in [-0.4, -0.2) is 46.8 Å². The Bertz CT molecular complexity index is 1220. The molecule has 3 aromatic rings. The van der Waals surface area contributed by atoms with Crippen molar-refractivity contribution >= 4 is 53.2 Å². The molecule has 1 fully saturated rings. The van der Waals surface area contributed by atoms with E-state index in [0.717, 1.165) is 34.9 Å². The normalized spacial score (nSPS) is 15.6. The first-order valence-corrected chi connectivity index (χ1v) is 11.0. The lowest BCUT2D eigenvalue weighted by Gasteiger charge is -2.18. The van der Waals surface area contributed by atoms with Gasteiger partial charge in [0.1, 0.15) is 17.7 Å². The Morgan fingerprint density at radius 2 is 1.77 bits per heavy atom. The van der Waals surface area contributed by atoms with Crippen LogP contribution in [0.2, 0.25) is 0 Å². The smallest absolute Gasteiger partial charge is 0.311 e. The van der Waals surface area contributed by atoms with E-state index in [9.17, 15) is 9.90 Å². The maximum atomic E-state index is 12.1. The molecule has 0 saturated carbocycles. The predicted octanol–water partition coefficient (Wildman–Crippen LogP) is 4.83. The molecular formula is C26H30Cl2N4O3. The summed E-state index contributed by atoms with van der Waals surface area (Å²) in [7, 11) is 0. The van der Waals surface area contributed by atoms with Crippen LogP contribution in [0.1, 0.15) is 36.0 Å².